The Morgan fingerprint density at radius 3 is 2.77 bits per heavy atom. The standard InChI is InChI=1S/C11H14FN/c1-8-4-9(2-3-11(8)12)5-10-6-13-7-10/h2-4,10,13H,5-7H2,1H3. The highest BCUT2D eigenvalue weighted by molar-refractivity contribution is 5.24. The molecule has 13 heavy (non-hydrogen) atoms. The monoisotopic (exact) mass is 179 g/mol. The van der Waals surface area contributed by atoms with Gasteiger partial charge in [-0.1, -0.05) is 12.1 Å². The number of halogens is 1. The highest BCUT2D eigenvalue weighted by atomic mass is 19.1. The predicted octanol–water partition coefficient (Wildman–Crippen LogP) is 1.90. The fraction of sp³-hybridized carbons (Fsp3) is 0.455. The predicted molar refractivity (Wildman–Crippen MR) is 51.2 cm³/mol. The Bertz CT molecular complexity index is 305. The molecule has 0 spiro atoms. The summed E-state index contributed by atoms with van der Waals surface area (Å²) in [6, 6.07) is 5.41. The molecule has 0 unspecified atom stereocenters. The zero-order chi connectivity index (χ0) is 9.26. The summed E-state index contributed by atoms with van der Waals surface area (Å²) < 4.78 is 12.9. The zero-order valence-electron chi connectivity index (χ0n) is 7.81. The lowest BCUT2D eigenvalue weighted by Crippen LogP contribution is -2.43. The molecule has 0 saturated carbocycles. The topological polar surface area (TPSA) is 12.0 Å². The largest absolute Gasteiger partial charge is 0.316 e. The molecule has 1 aromatic carbocycles. The fourth-order valence-electron chi connectivity index (χ4n) is 1.66. The van der Waals surface area contributed by atoms with Crippen LogP contribution in [0.5, 0.6) is 0 Å². The summed E-state index contributed by atoms with van der Waals surface area (Å²) in [6.45, 7) is 4.03. The molecule has 1 N–H and O–H groups in total. The van der Waals surface area contributed by atoms with Gasteiger partial charge in [0.1, 0.15) is 5.82 Å². The van der Waals surface area contributed by atoms with Gasteiger partial charge in [-0.05, 0) is 49.5 Å². The highest BCUT2D eigenvalue weighted by Crippen LogP contribution is 2.15. The first-order valence-corrected chi connectivity index (χ1v) is 4.71. The molecular formula is C11H14FN. The van der Waals surface area contributed by atoms with Crippen LogP contribution < -0.4 is 5.32 Å². The molecule has 0 radical (unpaired) electrons. The maximum absolute atomic E-state index is 12.9. The molecule has 1 aliphatic heterocycles. The summed E-state index contributed by atoms with van der Waals surface area (Å²) in [4.78, 5) is 0. The first-order valence-electron chi connectivity index (χ1n) is 4.71. The van der Waals surface area contributed by atoms with Gasteiger partial charge >= 0.3 is 0 Å². The number of hydrogen-bond acceptors (Lipinski definition) is 1. The van der Waals surface area contributed by atoms with E-state index in [1.807, 2.05) is 19.1 Å². The minimum atomic E-state index is -0.101. The van der Waals surface area contributed by atoms with E-state index in [1.54, 1.807) is 6.07 Å². The van der Waals surface area contributed by atoms with Gasteiger partial charge in [-0.3, -0.25) is 0 Å². The second-order valence-corrected chi connectivity index (χ2v) is 3.81. The van der Waals surface area contributed by atoms with Gasteiger partial charge in [0, 0.05) is 0 Å². The highest BCUT2D eigenvalue weighted by Gasteiger charge is 2.16. The van der Waals surface area contributed by atoms with Gasteiger partial charge in [0.2, 0.25) is 0 Å². The Hall–Kier alpha value is -0.890. The van der Waals surface area contributed by atoms with Gasteiger partial charge in [-0.15, -0.1) is 0 Å². The molecule has 0 atom stereocenters. The molecule has 1 heterocycles. The number of hydrogen-bond donors (Lipinski definition) is 1. The molecule has 2 rings (SSSR count). The van der Waals surface area contributed by atoms with Crippen LogP contribution in [0.25, 0.3) is 0 Å². The van der Waals surface area contributed by atoms with Gasteiger partial charge in [0.25, 0.3) is 0 Å². The van der Waals surface area contributed by atoms with Gasteiger partial charge in [-0.2, -0.15) is 0 Å². The van der Waals surface area contributed by atoms with Crippen molar-refractivity contribution in [3.8, 4) is 0 Å². The minimum absolute atomic E-state index is 0.101. The third-order valence-electron chi connectivity index (χ3n) is 2.61. The number of aryl methyl sites for hydroxylation is 1. The quantitative estimate of drug-likeness (QED) is 0.731. The van der Waals surface area contributed by atoms with E-state index in [2.05, 4.69) is 5.32 Å². The van der Waals surface area contributed by atoms with Gasteiger partial charge < -0.3 is 5.32 Å². The van der Waals surface area contributed by atoms with Gasteiger partial charge in [0.05, 0.1) is 0 Å². The molecule has 1 fully saturated rings. The van der Waals surface area contributed by atoms with Crippen LogP contribution in [0, 0.1) is 18.7 Å². The van der Waals surface area contributed by atoms with Crippen molar-refractivity contribution >= 4 is 0 Å². The SMILES string of the molecule is Cc1cc(CC2CNC2)ccc1F. The van der Waals surface area contributed by atoms with Crippen molar-refractivity contribution in [3.63, 3.8) is 0 Å². The lowest BCUT2D eigenvalue weighted by Gasteiger charge is -2.27. The van der Waals surface area contributed by atoms with Crippen molar-refractivity contribution in [2.75, 3.05) is 13.1 Å². The molecular weight excluding hydrogens is 165 g/mol. The first-order chi connectivity index (χ1) is 6.25. The summed E-state index contributed by atoms with van der Waals surface area (Å²) in [7, 11) is 0. The van der Waals surface area contributed by atoms with Crippen LogP contribution in [-0.2, 0) is 6.42 Å². The van der Waals surface area contributed by atoms with Crippen LogP contribution in [0.3, 0.4) is 0 Å². The van der Waals surface area contributed by atoms with Crippen molar-refractivity contribution in [2.24, 2.45) is 5.92 Å². The summed E-state index contributed by atoms with van der Waals surface area (Å²) >= 11 is 0. The van der Waals surface area contributed by atoms with Crippen LogP contribution in [0.15, 0.2) is 18.2 Å². The van der Waals surface area contributed by atoms with Crippen molar-refractivity contribution < 1.29 is 4.39 Å². The maximum atomic E-state index is 12.9. The van der Waals surface area contributed by atoms with Crippen molar-refractivity contribution in [1.29, 1.82) is 0 Å². The average molecular weight is 179 g/mol. The van der Waals surface area contributed by atoms with E-state index in [0.717, 1.165) is 31.0 Å². The van der Waals surface area contributed by atoms with E-state index >= 15 is 0 Å². The minimum Gasteiger partial charge on any atom is -0.316 e. The molecule has 1 aliphatic rings. The van der Waals surface area contributed by atoms with Crippen LogP contribution in [-0.4, -0.2) is 13.1 Å². The Labute approximate surface area is 78.0 Å². The maximum Gasteiger partial charge on any atom is 0.126 e. The van der Waals surface area contributed by atoms with Crippen LogP contribution in [0.2, 0.25) is 0 Å². The average Bonchev–Trinajstić information content (AvgIpc) is 2.04. The lowest BCUT2D eigenvalue weighted by atomic mass is 9.94. The van der Waals surface area contributed by atoms with Gasteiger partial charge in [0.15, 0.2) is 0 Å². The number of nitrogens with one attached hydrogen (secondary N) is 1. The fourth-order valence-corrected chi connectivity index (χ4v) is 1.66. The molecule has 1 nitrogen and oxygen atoms in total. The second kappa shape index (κ2) is 3.46. The van der Waals surface area contributed by atoms with Gasteiger partial charge in [-0.25, -0.2) is 4.39 Å². The summed E-state index contributed by atoms with van der Waals surface area (Å²) in [6.07, 6.45) is 1.08. The molecule has 2 heteroatoms. The van der Waals surface area contributed by atoms with Crippen LogP contribution in [0.1, 0.15) is 11.1 Å². The van der Waals surface area contributed by atoms with Crippen molar-refractivity contribution in [3.05, 3.63) is 35.1 Å². The number of rotatable bonds is 2. The molecule has 0 bridgehead atoms. The third-order valence-corrected chi connectivity index (χ3v) is 2.61. The smallest absolute Gasteiger partial charge is 0.126 e. The Balaban J connectivity index is 2.07. The molecule has 0 aromatic heterocycles. The Morgan fingerprint density at radius 2 is 2.23 bits per heavy atom. The Morgan fingerprint density at radius 1 is 1.46 bits per heavy atom. The molecule has 0 amide bonds. The van der Waals surface area contributed by atoms with Crippen LogP contribution >= 0.6 is 0 Å². The third kappa shape index (κ3) is 1.89. The lowest BCUT2D eigenvalue weighted by molar-refractivity contribution is 0.346. The number of benzene rings is 1. The van der Waals surface area contributed by atoms with Crippen LogP contribution in [0.4, 0.5) is 4.39 Å². The normalized spacial score (nSPS) is 17.1. The molecule has 70 valence electrons. The summed E-state index contributed by atoms with van der Waals surface area (Å²) in [5, 5.41) is 3.23. The van der Waals surface area contributed by atoms with E-state index < -0.39 is 0 Å². The molecule has 1 aromatic rings. The molecule has 0 aliphatic carbocycles. The summed E-state index contributed by atoms with van der Waals surface area (Å²) in [5.74, 6) is 0.653. The van der Waals surface area contributed by atoms with E-state index in [-0.39, 0.29) is 5.82 Å². The second-order valence-electron chi connectivity index (χ2n) is 3.81. The molecule has 1 saturated heterocycles. The Kier molecular flexibility index (Phi) is 2.32. The summed E-state index contributed by atoms with van der Waals surface area (Å²) in [5.41, 5.74) is 2.01. The van der Waals surface area contributed by atoms with Crippen molar-refractivity contribution in [1.82, 2.24) is 5.32 Å². The van der Waals surface area contributed by atoms with E-state index in [9.17, 15) is 4.39 Å². The van der Waals surface area contributed by atoms with E-state index in [0.29, 0.717) is 0 Å². The first kappa shape index (κ1) is 8.70. The van der Waals surface area contributed by atoms with Crippen molar-refractivity contribution in [2.45, 2.75) is 13.3 Å². The van der Waals surface area contributed by atoms with E-state index in [4.69, 9.17) is 0 Å². The van der Waals surface area contributed by atoms with E-state index in [1.165, 1.54) is 5.56 Å². The zero-order valence-corrected chi connectivity index (χ0v) is 7.81.